The lowest BCUT2D eigenvalue weighted by Gasteiger charge is -2.29. The zero-order chi connectivity index (χ0) is 16.4. The first-order valence-electron chi connectivity index (χ1n) is 7.68. The van der Waals surface area contributed by atoms with Crippen LogP contribution in [0.2, 0.25) is 0 Å². The van der Waals surface area contributed by atoms with E-state index in [0.29, 0.717) is 19.5 Å². The highest BCUT2D eigenvalue weighted by Crippen LogP contribution is 2.20. The summed E-state index contributed by atoms with van der Waals surface area (Å²) < 4.78 is 13.3. The number of likely N-dealkylation sites (tertiary alicyclic amines) is 1. The molecule has 2 aliphatic rings. The molecule has 0 atom stereocenters. The quantitative estimate of drug-likeness (QED) is 0.847. The molecule has 0 bridgehead atoms. The number of benzene rings is 1. The van der Waals surface area contributed by atoms with Crippen LogP contribution < -0.4 is 5.32 Å². The third-order valence-corrected chi connectivity index (χ3v) is 4.23. The van der Waals surface area contributed by atoms with Crippen molar-refractivity contribution in [1.82, 2.24) is 15.1 Å². The molecule has 1 aromatic carbocycles. The molecule has 7 heteroatoms. The summed E-state index contributed by atoms with van der Waals surface area (Å²) in [5.74, 6) is -0.685. The van der Waals surface area contributed by atoms with Crippen LogP contribution in [0.1, 0.15) is 24.0 Å². The molecule has 1 aromatic rings. The Morgan fingerprint density at radius 3 is 2.61 bits per heavy atom. The van der Waals surface area contributed by atoms with Gasteiger partial charge in [0.15, 0.2) is 0 Å². The van der Waals surface area contributed by atoms with Crippen LogP contribution in [0.5, 0.6) is 0 Å². The van der Waals surface area contributed by atoms with Gasteiger partial charge in [-0.15, -0.1) is 0 Å². The van der Waals surface area contributed by atoms with Crippen LogP contribution in [0.25, 0.3) is 0 Å². The molecule has 3 rings (SSSR count). The number of urea groups is 1. The Kier molecular flexibility index (Phi) is 4.27. The molecule has 122 valence electrons. The molecule has 1 saturated heterocycles. The Balaban J connectivity index is 1.51. The molecule has 0 aromatic heterocycles. The first-order chi connectivity index (χ1) is 11.0. The normalized spacial score (nSPS) is 17.4. The van der Waals surface area contributed by atoms with Gasteiger partial charge < -0.3 is 10.2 Å². The fraction of sp³-hybridized carbons (Fsp3) is 0.438. The summed E-state index contributed by atoms with van der Waals surface area (Å²) >= 11 is 0. The standard InChI is InChI=1S/C16H18FN3O3/c17-13-2-1-11-5-7-19(10-12(11)9-13)16(23)18-6-8-20-14(21)3-4-15(20)22/h1-2,9H,3-8,10H2,(H,18,23). The van der Waals surface area contributed by atoms with E-state index in [4.69, 9.17) is 0 Å². The fourth-order valence-corrected chi connectivity index (χ4v) is 2.96. The summed E-state index contributed by atoms with van der Waals surface area (Å²) in [6.45, 7) is 1.35. The number of carbonyl (C=O) groups is 3. The number of nitrogens with zero attached hydrogens (tertiary/aromatic N) is 2. The molecule has 1 N–H and O–H groups in total. The van der Waals surface area contributed by atoms with Gasteiger partial charge >= 0.3 is 6.03 Å². The third-order valence-electron chi connectivity index (χ3n) is 4.23. The highest BCUT2D eigenvalue weighted by Gasteiger charge is 2.28. The molecular weight excluding hydrogens is 301 g/mol. The van der Waals surface area contributed by atoms with Gasteiger partial charge in [-0.3, -0.25) is 14.5 Å². The number of imide groups is 1. The number of carbonyl (C=O) groups excluding carboxylic acids is 3. The Morgan fingerprint density at radius 1 is 1.13 bits per heavy atom. The van der Waals surface area contributed by atoms with Gasteiger partial charge in [-0.2, -0.15) is 0 Å². The molecule has 4 amide bonds. The molecule has 0 unspecified atom stereocenters. The summed E-state index contributed by atoms with van der Waals surface area (Å²) in [7, 11) is 0. The second kappa shape index (κ2) is 6.36. The zero-order valence-corrected chi connectivity index (χ0v) is 12.7. The molecule has 23 heavy (non-hydrogen) atoms. The molecule has 0 aliphatic carbocycles. The number of nitrogens with one attached hydrogen (secondary N) is 1. The van der Waals surface area contributed by atoms with Crippen molar-refractivity contribution >= 4 is 17.8 Å². The molecule has 1 fully saturated rings. The Bertz CT molecular complexity index is 646. The van der Waals surface area contributed by atoms with Crippen molar-refractivity contribution in [2.75, 3.05) is 19.6 Å². The molecule has 2 aliphatic heterocycles. The fourth-order valence-electron chi connectivity index (χ4n) is 2.96. The second-order valence-electron chi connectivity index (χ2n) is 5.76. The van der Waals surface area contributed by atoms with Crippen LogP contribution in [0, 0.1) is 5.82 Å². The van der Waals surface area contributed by atoms with Gasteiger partial charge in [0.1, 0.15) is 5.82 Å². The summed E-state index contributed by atoms with van der Waals surface area (Å²) in [4.78, 5) is 37.9. The van der Waals surface area contributed by atoms with E-state index in [1.165, 1.54) is 17.0 Å². The van der Waals surface area contributed by atoms with Crippen molar-refractivity contribution in [2.24, 2.45) is 0 Å². The molecular formula is C16H18FN3O3. The summed E-state index contributed by atoms with van der Waals surface area (Å²) in [6, 6.07) is 4.37. The van der Waals surface area contributed by atoms with Crippen LogP contribution in [-0.4, -0.2) is 47.3 Å². The van der Waals surface area contributed by atoms with Crippen LogP contribution in [0.4, 0.5) is 9.18 Å². The van der Waals surface area contributed by atoms with E-state index in [0.717, 1.165) is 11.1 Å². The monoisotopic (exact) mass is 319 g/mol. The van der Waals surface area contributed by atoms with E-state index in [2.05, 4.69) is 5.32 Å². The largest absolute Gasteiger partial charge is 0.336 e. The number of hydrogen-bond donors (Lipinski definition) is 1. The van der Waals surface area contributed by atoms with E-state index in [1.807, 2.05) is 0 Å². The van der Waals surface area contributed by atoms with Crippen LogP contribution in [0.15, 0.2) is 18.2 Å². The van der Waals surface area contributed by atoms with Crippen LogP contribution in [0.3, 0.4) is 0 Å². The van der Waals surface area contributed by atoms with E-state index in [9.17, 15) is 18.8 Å². The van der Waals surface area contributed by atoms with Crippen molar-refractivity contribution in [3.63, 3.8) is 0 Å². The van der Waals surface area contributed by atoms with Gasteiger partial charge in [-0.1, -0.05) is 6.07 Å². The lowest BCUT2D eigenvalue weighted by atomic mass is 10.00. The van der Waals surface area contributed by atoms with Crippen LogP contribution >= 0.6 is 0 Å². The Morgan fingerprint density at radius 2 is 1.87 bits per heavy atom. The van der Waals surface area contributed by atoms with Crippen molar-refractivity contribution in [3.8, 4) is 0 Å². The number of amides is 4. The number of hydrogen-bond acceptors (Lipinski definition) is 3. The first kappa shape index (κ1) is 15.5. The number of fused-ring (bicyclic) bond motifs is 1. The van der Waals surface area contributed by atoms with Gasteiger partial charge in [0.05, 0.1) is 0 Å². The van der Waals surface area contributed by atoms with Gasteiger partial charge in [0.2, 0.25) is 11.8 Å². The van der Waals surface area contributed by atoms with Gasteiger partial charge in [0, 0.05) is 39.0 Å². The zero-order valence-electron chi connectivity index (χ0n) is 12.7. The Hall–Kier alpha value is -2.44. The number of rotatable bonds is 3. The Labute approximate surface area is 133 Å². The lowest BCUT2D eigenvalue weighted by Crippen LogP contribution is -2.45. The summed E-state index contributed by atoms with van der Waals surface area (Å²) in [5, 5.41) is 2.71. The lowest BCUT2D eigenvalue weighted by molar-refractivity contribution is -0.138. The molecule has 6 nitrogen and oxygen atoms in total. The maximum Gasteiger partial charge on any atom is 0.317 e. The third kappa shape index (κ3) is 3.33. The van der Waals surface area contributed by atoms with Gasteiger partial charge in [-0.05, 0) is 29.7 Å². The second-order valence-corrected chi connectivity index (χ2v) is 5.76. The minimum Gasteiger partial charge on any atom is -0.336 e. The van der Waals surface area contributed by atoms with Crippen molar-refractivity contribution in [3.05, 3.63) is 35.1 Å². The summed E-state index contributed by atoms with van der Waals surface area (Å²) in [6.07, 6.45) is 1.19. The first-order valence-corrected chi connectivity index (χ1v) is 7.68. The predicted molar refractivity (Wildman–Crippen MR) is 79.9 cm³/mol. The average Bonchev–Trinajstić information content (AvgIpc) is 2.85. The average molecular weight is 319 g/mol. The van der Waals surface area contributed by atoms with Crippen LogP contribution in [-0.2, 0) is 22.6 Å². The van der Waals surface area contributed by atoms with Gasteiger partial charge in [0.25, 0.3) is 0 Å². The van der Waals surface area contributed by atoms with E-state index in [1.54, 1.807) is 11.0 Å². The van der Waals surface area contributed by atoms with E-state index < -0.39 is 0 Å². The smallest absolute Gasteiger partial charge is 0.317 e. The molecule has 2 heterocycles. The highest BCUT2D eigenvalue weighted by molar-refractivity contribution is 6.01. The van der Waals surface area contributed by atoms with Crippen molar-refractivity contribution in [2.45, 2.75) is 25.8 Å². The van der Waals surface area contributed by atoms with E-state index >= 15 is 0 Å². The molecule has 0 radical (unpaired) electrons. The molecule has 0 saturated carbocycles. The minimum atomic E-state index is -0.308. The van der Waals surface area contributed by atoms with Crippen molar-refractivity contribution < 1.29 is 18.8 Å². The number of halogens is 1. The topological polar surface area (TPSA) is 69.7 Å². The van der Waals surface area contributed by atoms with Gasteiger partial charge in [-0.25, -0.2) is 9.18 Å². The maximum absolute atomic E-state index is 13.3. The highest BCUT2D eigenvalue weighted by atomic mass is 19.1. The van der Waals surface area contributed by atoms with Crippen molar-refractivity contribution in [1.29, 1.82) is 0 Å². The minimum absolute atomic E-state index is 0.188. The SMILES string of the molecule is O=C(NCCN1C(=O)CCC1=O)N1CCc2ccc(F)cc2C1. The molecule has 0 spiro atoms. The van der Waals surface area contributed by atoms with E-state index in [-0.39, 0.29) is 49.6 Å². The predicted octanol–water partition coefficient (Wildman–Crippen LogP) is 1.04. The summed E-state index contributed by atoms with van der Waals surface area (Å²) in [5.41, 5.74) is 1.88. The maximum atomic E-state index is 13.3.